The number of methoxy groups -OCH3 is 1. The number of aromatic nitrogens is 1. The fourth-order valence-electron chi connectivity index (χ4n) is 2.26. The number of rotatable bonds is 5. The van der Waals surface area contributed by atoms with Crippen LogP contribution in [0.15, 0.2) is 52.5 Å². The van der Waals surface area contributed by atoms with E-state index in [-0.39, 0.29) is 5.54 Å². The predicted molar refractivity (Wildman–Crippen MR) is 93.4 cm³/mol. The molecule has 0 fully saturated rings. The summed E-state index contributed by atoms with van der Waals surface area (Å²) in [6.07, 6.45) is 1.78. The Morgan fingerprint density at radius 1 is 1.22 bits per heavy atom. The van der Waals surface area contributed by atoms with Gasteiger partial charge in [-0.15, -0.1) is 11.8 Å². The molecule has 0 amide bonds. The molecule has 0 saturated carbocycles. The molecular weight excluding hydrogens is 308 g/mol. The number of pyridine rings is 1. The maximum Gasteiger partial charge on any atom is 0.237 e. The Morgan fingerprint density at radius 3 is 2.65 bits per heavy atom. The molecule has 0 atom stereocenters. The molecule has 0 aliphatic carbocycles. The first kappa shape index (κ1) is 15.9. The van der Waals surface area contributed by atoms with Crippen molar-refractivity contribution in [3.8, 4) is 5.75 Å². The van der Waals surface area contributed by atoms with Crippen LogP contribution >= 0.6 is 11.8 Å². The van der Waals surface area contributed by atoms with Crippen molar-refractivity contribution in [2.45, 2.75) is 30.0 Å². The van der Waals surface area contributed by atoms with Crippen LogP contribution in [0.4, 0.5) is 0 Å². The first-order valence-electron chi connectivity index (χ1n) is 7.51. The molecule has 2 heterocycles. The van der Waals surface area contributed by atoms with Gasteiger partial charge in [-0.3, -0.25) is 4.98 Å². The van der Waals surface area contributed by atoms with Crippen LogP contribution in [-0.2, 0) is 10.5 Å². The Balaban J connectivity index is 1.76. The van der Waals surface area contributed by atoms with E-state index in [1.165, 1.54) is 5.56 Å². The summed E-state index contributed by atoms with van der Waals surface area (Å²) in [5.41, 5.74) is 1.89. The zero-order chi connectivity index (χ0) is 16.3. The van der Waals surface area contributed by atoms with Gasteiger partial charge in [0.2, 0.25) is 5.90 Å². The van der Waals surface area contributed by atoms with Gasteiger partial charge in [-0.1, -0.05) is 12.1 Å². The van der Waals surface area contributed by atoms with E-state index in [0.717, 1.165) is 22.1 Å². The van der Waals surface area contributed by atoms with Crippen molar-refractivity contribution in [1.82, 2.24) is 4.98 Å². The Bertz CT molecular complexity index is 711. The minimum Gasteiger partial charge on any atom is -0.497 e. The fraction of sp³-hybridized carbons (Fsp3) is 0.333. The fourth-order valence-corrected chi connectivity index (χ4v) is 3.22. The lowest BCUT2D eigenvalue weighted by Crippen LogP contribution is -2.17. The van der Waals surface area contributed by atoms with Gasteiger partial charge in [0, 0.05) is 16.8 Å². The SMILES string of the molecule is COc1ccc(CSc2cccnc2C2=NC(C)(C)CO2)cc1. The molecule has 1 aromatic carbocycles. The highest BCUT2D eigenvalue weighted by Crippen LogP contribution is 2.29. The number of nitrogens with zero attached hydrogens (tertiary/aromatic N) is 2. The molecule has 0 unspecified atom stereocenters. The molecule has 4 nitrogen and oxygen atoms in total. The van der Waals surface area contributed by atoms with Crippen molar-refractivity contribution >= 4 is 17.7 Å². The summed E-state index contributed by atoms with van der Waals surface area (Å²) in [5.74, 6) is 2.38. The minimum absolute atomic E-state index is 0.176. The Morgan fingerprint density at radius 2 is 2.00 bits per heavy atom. The maximum atomic E-state index is 5.73. The number of hydrogen-bond donors (Lipinski definition) is 0. The quantitative estimate of drug-likeness (QED) is 0.780. The van der Waals surface area contributed by atoms with Gasteiger partial charge in [0.15, 0.2) is 0 Å². The van der Waals surface area contributed by atoms with Crippen LogP contribution in [0.5, 0.6) is 5.75 Å². The third-order valence-corrected chi connectivity index (χ3v) is 4.61. The number of hydrogen-bond acceptors (Lipinski definition) is 5. The van der Waals surface area contributed by atoms with Crippen molar-refractivity contribution in [2.75, 3.05) is 13.7 Å². The van der Waals surface area contributed by atoms with E-state index in [1.807, 2.05) is 18.2 Å². The highest BCUT2D eigenvalue weighted by atomic mass is 32.2. The standard InChI is InChI=1S/C18H20N2O2S/c1-18(2)12-22-17(20-18)16-15(5-4-10-19-16)23-11-13-6-8-14(21-3)9-7-13/h4-10H,11-12H2,1-3H3. The smallest absolute Gasteiger partial charge is 0.237 e. The van der Waals surface area contributed by atoms with E-state index >= 15 is 0 Å². The second-order valence-corrected chi connectivity index (χ2v) is 7.02. The van der Waals surface area contributed by atoms with Crippen molar-refractivity contribution in [1.29, 1.82) is 0 Å². The molecule has 0 bridgehead atoms. The summed E-state index contributed by atoms with van der Waals surface area (Å²) in [6, 6.07) is 12.1. The molecule has 1 aromatic heterocycles. The average molecular weight is 328 g/mol. The highest BCUT2D eigenvalue weighted by Gasteiger charge is 2.28. The van der Waals surface area contributed by atoms with Crippen LogP contribution < -0.4 is 4.74 Å². The second kappa shape index (κ2) is 6.62. The molecule has 2 aromatic rings. The summed E-state index contributed by atoms with van der Waals surface area (Å²) in [7, 11) is 1.68. The predicted octanol–water partition coefficient (Wildman–Crippen LogP) is 3.94. The van der Waals surface area contributed by atoms with E-state index in [4.69, 9.17) is 9.47 Å². The van der Waals surface area contributed by atoms with Crippen LogP contribution in [0.1, 0.15) is 25.1 Å². The number of benzene rings is 1. The zero-order valence-corrected chi connectivity index (χ0v) is 14.4. The van der Waals surface area contributed by atoms with Gasteiger partial charge in [-0.2, -0.15) is 0 Å². The van der Waals surface area contributed by atoms with Crippen LogP contribution in [0.2, 0.25) is 0 Å². The molecular formula is C18H20N2O2S. The number of ether oxygens (including phenoxy) is 2. The molecule has 23 heavy (non-hydrogen) atoms. The molecule has 120 valence electrons. The molecule has 0 spiro atoms. The molecule has 1 aliphatic rings. The first-order chi connectivity index (χ1) is 11.1. The lowest BCUT2D eigenvalue weighted by atomic mass is 10.1. The van der Waals surface area contributed by atoms with Gasteiger partial charge in [-0.05, 0) is 43.7 Å². The Labute approximate surface area is 141 Å². The zero-order valence-electron chi connectivity index (χ0n) is 13.6. The lowest BCUT2D eigenvalue weighted by molar-refractivity contribution is 0.278. The summed E-state index contributed by atoms with van der Waals surface area (Å²) in [6.45, 7) is 4.72. The van der Waals surface area contributed by atoms with Crippen molar-refractivity contribution < 1.29 is 9.47 Å². The molecule has 1 aliphatic heterocycles. The van der Waals surface area contributed by atoms with Gasteiger partial charge < -0.3 is 9.47 Å². The molecule has 0 N–H and O–H groups in total. The van der Waals surface area contributed by atoms with E-state index < -0.39 is 0 Å². The third kappa shape index (κ3) is 3.85. The van der Waals surface area contributed by atoms with Crippen molar-refractivity contribution in [3.05, 3.63) is 53.9 Å². The number of thioether (sulfide) groups is 1. The Hall–Kier alpha value is -2.01. The minimum atomic E-state index is -0.176. The van der Waals surface area contributed by atoms with Gasteiger partial charge in [-0.25, -0.2) is 4.99 Å². The lowest BCUT2D eigenvalue weighted by Gasteiger charge is -2.08. The van der Waals surface area contributed by atoms with Crippen LogP contribution in [0.25, 0.3) is 0 Å². The van der Waals surface area contributed by atoms with Gasteiger partial charge >= 0.3 is 0 Å². The third-order valence-electron chi connectivity index (χ3n) is 3.49. The summed E-state index contributed by atoms with van der Waals surface area (Å²) >= 11 is 1.74. The topological polar surface area (TPSA) is 43.7 Å². The molecule has 0 radical (unpaired) electrons. The van der Waals surface area contributed by atoms with E-state index in [0.29, 0.717) is 12.5 Å². The van der Waals surface area contributed by atoms with Crippen LogP contribution in [0, 0.1) is 0 Å². The summed E-state index contributed by atoms with van der Waals surface area (Å²) in [4.78, 5) is 10.2. The van der Waals surface area contributed by atoms with Crippen molar-refractivity contribution in [3.63, 3.8) is 0 Å². The Kier molecular flexibility index (Phi) is 4.57. The molecule has 0 saturated heterocycles. The van der Waals surface area contributed by atoms with Crippen LogP contribution in [0.3, 0.4) is 0 Å². The molecule has 5 heteroatoms. The first-order valence-corrected chi connectivity index (χ1v) is 8.50. The summed E-state index contributed by atoms with van der Waals surface area (Å²) in [5, 5.41) is 0. The maximum absolute atomic E-state index is 5.73. The number of aliphatic imine (C=N–C) groups is 1. The average Bonchev–Trinajstić information content (AvgIpc) is 2.93. The van der Waals surface area contributed by atoms with E-state index in [1.54, 1.807) is 25.1 Å². The van der Waals surface area contributed by atoms with Gasteiger partial charge in [0.1, 0.15) is 18.1 Å². The largest absolute Gasteiger partial charge is 0.497 e. The normalized spacial score (nSPS) is 15.9. The van der Waals surface area contributed by atoms with Crippen LogP contribution in [-0.4, -0.2) is 30.1 Å². The monoisotopic (exact) mass is 328 g/mol. The van der Waals surface area contributed by atoms with Gasteiger partial charge in [0.05, 0.1) is 12.6 Å². The van der Waals surface area contributed by atoms with Gasteiger partial charge in [0.25, 0.3) is 0 Å². The molecule has 3 rings (SSSR count). The highest BCUT2D eigenvalue weighted by molar-refractivity contribution is 7.98. The summed E-state index contributed by atoms with van der Waals surface area (Å²) < 4.78 is 10.9. The van der Waals surface area contributed by atoms with E-state index in [2.05, 4.69) is 42.0 Å². The van der Waals surface area contributed by atoms with Crippen molar-refractivity contribution in [2.24, 2.45) is 4.99 Å². The van der Waals surface area contributed by atoms with E-state index in [9.17, 15) is 0 Å². The second-order valence-electron chi connectivity index (χ2n) is 6.00.